The fraction of sp³-hybridized carbons (Fsp3) is 0.286. The minimum absolute atomic E-state index is 0.194. The molecule has 0 bridgehead atoms. The normalized spacial score (nSPS) is 11.6. The highest BCUT2D eigenvalue weighted by molar-refractivity contribution is 7.99. The quantitative estimate of drug-likeness (QED) is 0.750. The van der Waals surface area contributed by atoms with Crippen molar-refractivity contribution in [3.8, 4) is 23.6 Å². The van der Waals surface area contributed by atoms with Crippen molar-refractivity contribution in [2.24, 2.45) is 5.92 Å². The lowest BCUT2D eigenvalue weighted by Gasteiger charge is -2.02. The Kier molecular flexibility index (Phi) is 5.62. The smallest absolute Gasteiger partial charge is 0.276 e. The van der Waals surface area contributed by atoms with E-state index in [1.165, 1.54) is 11.8 Å². The minimum atomic E-state index is -0.194. The van der Waals surface area contributed by atoms with Crippen molar-refractivity contribution >= 4 is 23.4 Å². The van der Waals surface area contributed by atoms with Gasteiger partial charge in [0, 0.05) is 22.8 Å². The second-order valence-electron chi connectivity index (χ2n) is 4.21. The zero-order valence-electron chi connectivity index (χ0n) is 11.0. The molecule has 7 heteroatoms. The first-order valence-corrected chi connectivity index (χ1v) is 7.58. The highest BCUT2D eigenvalue weighted by atomic mass is 35.5. The third-order valence-corrected chi connectivity index (χ3v) is 3.93. The van der Waals surface area contributed by atoms with Gasteiger partial charge in [-0.15, -0.1) is 10.2 Å². The number of benzene rings is 1. The summed E-state index contributed by atoms with van der Waals surface area (Å²) in [5.74, 6) is 0.751. The molecule has 5 nitrogen and oxygen atoms in total. The number of nitrogens with zero attached hydrogens (tertiary/aromatic N) is 4. The number of hydrogen-bond acceptors (Lipinski definition) is 6. The van der Waals surface area contributed by atoms with E-state index >= 15 is 0 Å². The van der Waals surface area contributed by atoms with Crippen molar-refractivity contribution in [3.63, 3.8) is 0 Å². The van der Waals surface area contributed by atoms with Gasteiger partial charge in [-0.25, -0.2) is 0 Å². The molecule has 2 rings (SSSR count). The Hall–Kier alpha value is -2.02. The predicted octanol–water partition coefficient (Wildman–Crippen LogP) is 3.93. The lowest BCUT2D eigenvalue weighted by atomic mass is 10.1. The SMILES string of the molecule is N#CCC[C@H](C#N)CSc1nnc(-c2ccc(Cl)cc2)o1. The molecular formula is C14H11ClN4OS. The van der Waals surface area contributed by atoms with E-state index in [1.807, 2.05) is 6.07 Å². The molecule has 0 saturated heterocycles. The van der Waals surface area contributed by atoms with Crippen LogP contribution in [0.4, 0.5) is 0 Å². The van der Waals surface area contributed by atoms with Crippen LogP contribution in [0, 0.1) is 28.6 Å². The first-order valence-electron chi connectivity index (χ1n) is 6.21. The van der Waals surface area contributed by atoms with Gasteiger partial charge < -0.3 is 4.42 Å². The maximum Gasteiger partial charge on any atom is 0.276 e. The lowest BCUT2D eigenvalue weighted by Crippen LogP contribution is -1.99. The Labute approximate surface area is 131 Å². The fourth-order valence-corrected chi connectivity index (χ4v) is 2.52. The molecule has 106 valence electrons. The molecule has 2 aromatic rings. The molecule has 0 fully saturated rings. The van der Waals surface area contributed by atoms with E-state index in [-0.39, 0.29) is 5.92 Å². The van der Waals surface area contributed by atoms with Crippen LogP contribution in [0.2, 0.25) is 5.02 Å². The Bertz CT molecular complexity index is 672. The van der Waals surface area contributed by atoms with Gasteiger partial charge in [0.2, 0.25) is 5.89 Å². The molecule has 0 spiro atoms. The van der Waals surface area contributed by atoms with Gasteiger partial charge in [0.1, 0.15) is 0 Å². The topological polar surface area (TPSA) is 86.5 Å². The summed E-state index contributed by atoms with van der Waals surface area (Å²) in [6, 6.07) is 11.3. The second-order valence-corrected chi connectivity index (χ2v) is 5.62. The van der Waals surface area contributed by atoms with Crippen molar-refractivity contribution in [3.05, 3.63) is 29.3 Å². The van der Waals surface area contributed by atoms with E-state index in [1.54, 1.807) is 24.3 Å². The number of aromatic nitrogens is 2. The molecule has 1 aromatic heterocycles. The van der Waals surface area contributed by atoms with Crippen LogP contribution in [0.5, 0.6) is 0 Å². The van der Waals surface area contributed by atoms with Gasteiger partial charge in [-0.2, -0.15) is 10.5 Å². The number of nitriles is 2. The summed E-state index contributed by atoms with van der Waals surface area (Å²) in [5.41, 5.74) is 0.792. The molecule has 0 amide bonds. The van der Waals surface area contributed by atoms with Gasteiger partial charge in [-0.1, -0.05) is 23.4 Å². The Morgan fingerprint density at radius 3 is 2.67 bits per heavy atom. The summed E-state index contributed by atoms with van der Waals surface area (Å²) >= 11 is 7.15. The highest BCUT2D eigenvalue weighted by Crippen LogP contribution is 2.26. The van der Waals surface area contributed by atoms with Crippen LogP contribution in [0.15, 0.2) is 33.9 Å². The molecule has 21 heavy (non-hydrogen) atoms. The number of halogens is 1. The molecule has 0 aliphatic heterocycles. The van der Waals surface area contributed by atoms with Crippen LogP contribution in [0.3, 0.4) is 0 Å². The van der Waals surface area contributed by atoms with Gasteiger partial charge in [-0.3, -0.25) is 0 Å². The average molecular weight is 319 g/mol. The van der Waals surface area contributed by atoms with Crippen molar-refractivity contribution in [2.45, 2.75) is 18.1 Å². The minimum Gasteiger partial charge on any atom is -0.411 e. The number of rotatable bonds is 6. The van der Waals surface area contributed by atoms with E-state index in [2.05, 4.69) is 16.3 Å². The van der Waals surface area contributed by atoms with Crippen molar-refractivity contribution < 1.29 is 4.42 Å². The molecule has 0 radical (unpaired) electrons. The molecule has 0 unspecified atom stereocenters. The van der Waals surface area contributed by atoms with Crippen LogP contribution in [-0.4, -0.2) is 16.0 Å². The summed E-state index contributed by atoms with van der Waals surface area (Å²) in [6.07, 6.45) is 0.927. The summed E-state index contributed by atoms with van der Waals surface area (Å²) in [7, 11) is 0. The van der Waals surface area contributed by atoms with Gasteiger partial charge in [0.25, 0.3) is 5.22 Å². The van der Waals surface area contributed by atoms with Crippen molar-refractivity contribution in [1.82, 2.24) is 10.2 Å². The molecule has 1 atom stereocenters. The van der Waals surface area contributed by atoms with E-state index in [0.29, 0.717) is 34.7 Å². The zero-order valence-corrected chi connectivity index (χ0v) is 12.6. The number of hydrogen-bond donors (Lipinski definition) is 0. The molecule has 0 N–H and O–H groups in total. The van der Waals surface area contributed by atoms with Gasteiger partial charge in [-0.05, 0) is 30.7 Å². The first-order chi connectivity index (χ1) is 10.2. The zero-order chi connectivity index (χ0) is 15.1. The standard InChI is InChI=1S/C14H11ClN4OS/c15-12-5-3-11(4-6-12)13-18-19-14(20-13)21-9-10(8-17)2-1-7-16/h3-6,10H,1-2,9H2/t10-/m1/s1. The van der Waals surface area contributed by atoms with Crippen LogP contribution < -0.4 is 0 Å². The molecule has 0 saturated carbocycles. The lowest BCUT2D eigenvalue weighted by molar-refractivity contribution is 0.465. The van der Waals surface area contributed by atoms with E-state index in [4.69, 9.17) is 26.5 Å². The molecule has 0 aliphatic rings. The average Bonchev–Trinajstić information content (AvgIpc) is 2.97. The number of thioether (sulfide) groups is 1. The maximum absolute atomic E-state index is 8.99. The van der Waals surface area contributed by atoms with Crippen LogP contribution in [0.25, 0.3) is 11.5 Å². The van der Waals surface area contributed by atoms with Gasteiger partial charge in [0.05, 0.1) is 18.1 Å². The van der Waals surface area contributed by atoms with Gasteiger partial charge in [0.15, 0.2) is 0 Å². The fourth-order valence-electron chi connectivity index (χ4n) is 1.57. The van der Waals surface area contributed by atoms with E-state index in [9.17, 15) is 0 Å². The summed E-state index contributed by atoms with van der Waals surface area (Å²) in [6.45, 7) is 0. The monoisotopic (exact) mass is 318 g/mol. The molecule has 1 heterocycles. The van der Waals surface area contributed by atoms with Crippen molar-refractivity contribution in [1.29, 1.82) is 10.5 Å². The molecule has 1 aromatic carbocycles. The summed E-state index contributed by atoms with van der Waals surface area (Å²) < 4.78 is 5.53. The second kappa shape index (κ2) is 7.68. The summed E-state index contributed by atoms with van der Waals surface area (Å²) in [4.78, 5) is 0. The Morgan fingerprint density at radius 2 is 2.00 bits per heavy atom. The molecular weight excluding hydrogens is 308 g/mol. The Balaban J connectivity index is 1.96. The van der Waals surface area contributed by atoms with E-state index in [0.717, 1.165) is 5.56 Å². The predicted molar refractivity (Wildman–Crippen MR) is 79.4 cm³/mol. The summed E-state index contributed by atoms with van der Waals surface area (Å²) in [5, 5.41) is 26.5. The van der Waals surface area contributed by atoms with Crippen LogP contribution in [0.1, 0.15) is 12.8 Å². The maximum atomic E-state index is 8.99. The van der Waals surface area contributed by atoms with Gasteiger partial charge >= 0.3 is 0 Å². The Morgan fingerprint density at radius 1 is 1.24 bits per heavy atom. The third kappa shape index (κ3) is 4.49. The third-order valence-electron chi connectivity index (χ3n) is 2.69. The highest BCUT2D eigenvalue weighted by Gasteiger charge is 2.13. The first kappa shape index (κ1) is 15.4. The molecule has 0 aliphatic carbocycles. The largest absolute Gasteiger partial charge is 0.411 e. The van der Waals surface area contributed by atoms with Crippen molar-refractivity contribution in [2.75, 3.05) is 5.75 Å². The van der Waals surface area contributed by atoms with E-state index < -0.39 is 0 Å². The van der Waals surface area contributed by atoms with Crippen LogP contribution in [-0.2, 0) is 0 Å². The van der Waals surface area contributed by atoms with Crippen LogP contribution >= 0.6 is 23.4 Å².